The molecular formula is C11H16N4. The summed E-state index contributed by atoms with van der Waals surface area (Å²) in [5.74, 6) is 1.06. The highest BCUT2D eigenvalue weighted by Crippen LogP contribution is 2.05. The van der Waals surface area contributed by atoms with Crippen LogP contribution in [-0.4, -0.2) is 19.1 Å². The Morgan fingerprint density at radius 1 is 1.07 bits per heavy atom. The van der Waals surface area contributed by atoms with Crippen LogP contribution in [0.15, 0.2) is 18.7 Å². The molecule has 0 amide bonds. The van der Waals surface area contributed by atoms with Crippen LogP contribution in [0.1, 0.15) is 17.2 Å². The topological polar surface area (TPSA) is 35.6 Å². The molecule has 15 heavy (non-hydrogen) atoms. The molecule has 0 fully saturated rings. The van der Waals surface area contributed by atoms with E-state index >= 15 is 0 Å². The van der Waals surface area contributed by atoms with Crippen molar-refractivity contribution in [2.75, 3.05) is 0 Å². The van der Waals surface area contributed by atoms with Crippen LogP contribution < -0.4 is 0 Å². The fourth-order valence-electron chi connectivity index (χ4n) is 1.63. The molecule has 2 rings (SSSR count). The van der Waals surface area contributed by atoms with E-state index in [2.05, 4.69) is 26.0 Å². The van der Waals surface area contributed by atoms with Gasteiger partial charge in [0.05, 0.1) is 12.0 Å². The maximum absolute atomic E-state index is 4.28. The smallest absolute Gasteiger partial charge is 0.105 e. The van der Waals surface area contributed by atoms with E-state index in [-0.39, 0.29) is 0 Å². The lowest BCUT2D eigenvalue weighted by molar-refractivity contribution is 0.559. The summed E-state index contributed by atoms with van der Waals surface area (Å²) in [6, 6.07) is 0. The largest absolute Gasteiger partial charge is 0.333 e. The average Bonchev–Trinajstić information content (AvgIpc) is 2.74. The van der Waals surface area contributed by atoms with Crippen molar-refractivity contribution in [3.8, 4) is 0 Å². The van der Waals surface area contributed by atoms with E-state index in [1.165, 1.54) is 5.69 Å². The fraction of sp³-hybridized carbons (Fsp3) is 0.455. The van der Waals surface area contributed by atoms with Crippen molar-refractivity contribution in [1.82, 2.24) is 19.1 Å². The lowest BCUT2D eigenvalue weighted by Gasteiger charge is -2.07. The molecule has 0 N–H and O–H groups in total. The van der Waals surface area contributed by atoms with E-state index in [1.54, 1.807) is 0 Å². The van der Waals surface area contributed by atoms with Crippen molar-refractivity contribution in [1.29, 1.82) is 0 Å². The standard InChI is InChI=1S/C11H16N4/c1-9-10(2)15(8-13-9)7-6-14-5-4-12-11(14)3/h4-5,8H,6-7H2,1-3H3. The van der Waals surface area contributed by atoms with Crippen LogP contribution in [0.3, 0.4) is 0 Å². The summed E-state index contributed by atoms with van der Waals surface area (Å²) in [5.41, 5.74) is 2.35. The second kappa shape index (κ2) is 3.88. The quantitative estimate of drug-likeness (QED) is 0.763. The minimum absolute atomic E-state index is 0.947. The van der Waals surface area contributed by atoms with Crippen LogP contribution in [0.4, 0.5) is 0 Å². The van der Waals surface area contributed by atoms with Crippen molar-refractivity contribution in [2.45, 2.75) is 33.9 Å². The summed E-state index contributed by atoms with van der Waals surface area (Å²) in [4.78, 5) is 8.47. The molecule has 0 aromatic carbocycles. The van der Waals surface area contributed by atoms with E-state index in [4.69, 9.17) is 0 Å². The normalized spacial score (nSPS) is 10.9. The van der Waals surface area contributed by atoms with Crippen molar-refractivity contribution in [2.24, 2.45) is 0 Å². The van der Waals surface area contributed by atoms with Gasteiger partial charge in [-0.05, 0) is 20.8 Å². The third kappa shape index (κ3) is 1.93. The Morgan fingerprint density at radius 2 is 1.80 bits per heavy atom. The van der Waals surface area contributed by atoms with Gasteiger partial charge in [0.25, 0.3) is 0 Å². The number of hydrogen-bond acceptors (Lipinski definition) is 2. The molecule has 4 nitrogen and oxygen atoms in total. The molecule has 0 aliphatic rings. The van der Waals surface area contributed by atoms with Gasteiger partial charge in [-0.2, -0.15) is 0 Å². The molecule has 0 bridgehead atoms. The number of aromatic nitrogens is 4. The van der Waals surface area contributed by atoms with E-state index in [9.17, 15) is 0 Å². The molecule has 4 heteroatoms. The molecule has 2 aromatic heterocycles. The third-order valence-corrected chi connectivity index (χ3v) is 2.85. The Morgan fingerprint density at radius 3 is 2.33 bits per heavy atom. The highest BCUT2D eigenvalue weighted by Gasteiger charge is 2.02. The first-order chi connectivity index (χ1) is 7.18. The molecule has 0 saturated carbocycles. The monoisotopic (exact) mass is 204 g/mol. The molecule has 0 unspecified atom stereocenters. The van der Waals surface area contributed by atoms with Gasteiger partial charge in [-0.3, -0.25) is 0 Å². The van der Waals surface area contributed by atoms with Crippen LogP contribution in [0.2, 0.25) is 0 Å². The lowest BCUT2D eigenvalue weighted by Crippen LogP contribution is -2.08. The van der Waals surface area contributed by atoms with E-state index < -0.39 is 0 Å². The molecule has 0 aliphatic heterocycles. The third-order valence-electron chi connectivity index (χ3n) is 2.85. The second-order valence-electron chi connectivity index (χ2n) is 3.78. The predicted octanol–water partition coefficient (Wildman–Crippen LogP) is 1.71. The highest BCUT2D eigenvalue weighted by molar-refractivity contribution is 5.08. The van der Waals surface area contributed by atoms with Crippen molar-refractivity contribution in [3.63, 3.8) is 0 Å². The van der Waals surface area contributed by atoms with E-state index in [1.807, 2.05) is 32.6 Å². The summed E-state index contributed by atoms with van der Waals surface area (Å²) in [6.45, 7) is 8.05. The zero-order chi connectivity index (χ0) is 10.8. The van der Waals surface area contributed by atoms with Crippen LogP contribution in [0.5, 0.6) is 0 Å². The summed E-state index contributed by atoms with van der Waals surface area (Å²) < 4.78 is 4.32. The van der Waals surface area contributed by atoms with Gasteiger partial charge in [0, 0.05) is 31.2 Å². The van der Waals surface area contributed by atoms with Crippen molar-refractivity contribution >= 4 is 0 Å². The summed E-state index contributed by atoms with van der Waals surface area (Å²) in [7, 11) is 0. The Hall–Kier alpha value is -1.58. The van der Waals surface area contributed by atoms with Gasteiger partial charge in [0.15, 0.2) is 0 Å². The van der Waals surface area contributed by atoms with Gasteiger partial charge in [0.1, 0.15) is 5.82 Å². The second-order valence-corrected chi connectivity index (χ2v) is 3.78. The lowest BCUT2D eigenvalue weighted by atomic mass is 10.4. The highest BCUT2D eigenvalue weighted by atomic mass is 15.1. The zero-order valence-corrected chi connectivity index (χ0v) is 9.44. The molecule has 80 valence electrons. The Kier molecular flexibility index (Phi) is 2.58. The van der Waals surface area contributed by atoms with Gasteiger partial charge in [0.2, 0.25) is 0 Å². The van der Waals surface area contributed by atoms with Crippen LogP contribution in [-0.2, 0) is 13.1 Å². The Labute approximate surface area is 89.6 Å². The van der Waals surface area contributed by atoms with Gasteiger partial charge in [-0.1, -0.05) is 0 Å². The minimum Gasteiger partial charge on any atom is -0.333 e. The summed E-state index contributed by atoms with van der Waals surface area (Å²) >= 11 is 0. The van der Waals surface area contributed by atoms with Crippen LogP contribution >= 0.6 is 0 Å². The molecule has 2 heterocycles. The zero-order valence-electron chi connectivity index (χ0n) is 9.44. The van der Waals surface area contributed by atoms with E-state index in [0.29, 0.717) is 0 Å². The average molecular weight is 204 g/mol. The number of rotatable bonds is 3. The van der Waals surface area contributed by atoms with Crippen LogP contribution in [0, 0.1) is 20.8 Å². The van der Waals surface area contributed by atoms with Crippen LogP contribution in [0.25, 0.3) is 0 Å². The maximum atomic E-state index is 4.28. The Bertz CT molecular complexity index is 453. The SMILES string of the molecule is Cc1ncn(CCn2ccnc2C)c1C. The van der Waals surface area contributed by atoms with Gasteiger partial charge in [-0.25, -0.2) is 9.97 Å². The number of nitrogens with zero attached hydrogens (tertiary/aromatic N) is 4. The Balaban J connectivity index is 2.05. The molecule has 0 spiro atoms. The van der Waals surface area contributed by atoms with Crippen molar-refractivity contribution in [3.05, 3.63) is 35.9 Å². The van der Waals surface area contributed by atoms with Gasteiger partial charge >= 0.3 is 0 Å². The number of hydrogen-bond donors (Lipinski definition) is 0. The first-order valence-corrected chi connectivity index (χ1v) is 5.14. The summed E-state index contributed by atoms with van der Waals surface area (Å²) in [5, 5.41) is 0. The first-order valence-electron chi connectivity index (χ1n) is 5.14. The van der Waals surface area contributed by atoms with Gasteiger partial charge < -0.3 is 9.13 Å². The fourth-order valence-corrected chi connectivity index (χ4v) is 1.63. The molecule has 0 radical (unpaired) electrons. The van der Waals surface area contributed by atoms with Crippen molar-refractivity contribution < 1.29 is 0 Å². The molecule has 2 aromatic rings. The summed E-state index contributed by atoms with van der Waals surface area (Å²) in [6.07, 6.45) is 5.74. The predicted molar refractivity (Wildman–Crippen MR) is 58.7 cm³/mol. The molecule has 0 saturated heterocycles. The molecule has 0 atom stereocenters. The number of imidazole rings is 2. The number of aryl methyl sites for hydroxylation is 4. The molecule has 0 aliphatic carbocycles. The first kappa shape index (κ1) is 9.96. The maximum Gasteiger partial charge on any atom is 0.105 e. The van der Waals surface area contributed by atoms with Gasteiger partial charge in [-0.15, -0.1) is 0 Å². The minimum atomic E-state index is 0.947. The van der Waals surface area contributed by atoms with E-state index in [0.717, 1.165) is 24.6 Å². The molecular weight excluding hydrogens is 188 g/mol.